The van der Waals surface area contributed by atoms with E-state index < -0.39 is 66.9 Å². The first-order valence-corrected chi connectivity index (χ1v) is 6.47. The molecule has 0 rings (SSSR count). The fourth-order valence-electron chi connectivity index (χ4n) is 1.57. The van der Waals surface area contributed by atoms with Crippen molar-refractivity contribution in [2.45, 2.75) is 61.1 Å². The zero-order valence-corrected chi connectivity index (χ0v) is 12.7. The Labute approximate surface area is 144 Å². The molecule has 168 valence electrons. The second kappa shape index (κ2) is 7.46. The third-order valence-corrected chi connectivity index (χ3v) is 3.23. The maximum atomic E-state index is 13.0. The van der Waals surface area contributed by atoms with Gasteiger partial charge in [-0.1, -0.05) is 0 Å². The van der Waals surface area contributed by atoms with Gasteiger partial charge in [0.1, 0.15) is 18.0 Å². The summed E-state index contributed by atoms with van der Waals surface area (Å²) in [4.78, 5) is 11.1. The van der Waals surface area contributed by atoms with Crippen LogP contribution in [0, 0.1) is 0 Å². The molecule has 0 saturated carbocycles. The summed E-state index contributed by atoms with van der Waals surface area (Å²) < 4.78 is 174. The standard InChI is InChI=1S/C11H8F14O3/c12-6(13,8(16,17)10(20,21)22)4(27)1-3(26)2-5(28)7(14,15)9(18,19)11(23,24)25/h4-5,27-28H,1-2H2/t4-,5-/m1/s1. The quantitative estimate of drug-likeness (QED) is 0.550. The molecule has 0 unspecified atom stereocenters. The fourth-order valence-corrected chi connectivity index (χ4v) is 1.57. The first-order chi connectivity index (χ1) is 11.9. The number of carbonyl (C=O) groups is 1. The lowest BCUT2D eigenvalue weighted by atomic mass is 9.95. The van der Waals surface area contributed by atoms with Gasteiger partial charge in [0.05, 0.1) is 0 Å². The van der Waals surface area contributed by atoms with Crippen molar-refractivity contribution < 1.29 is 76.5 Å². The van der Waals surface area contributed by atoms with Crippen LogP contribution in [-0.2, 0) is 4.79 Å². The molecule has 2 atom stereocenters. The number of ketones is 1. The lowest BCUT2D eigenvalue weighted by Gasteiger charge is -2.32. The predicted octanol–water partition coefficient (Wildman–Crippen LogP) is 3.72. The minimum atomic E-state index is -6.94. The van der Waals surface area contributed by atoms with Crippen LogP contribution in [0.1, 0.15) is 12.8 Å². The van der Waals surface area contributed by atoms with Crippen LogP contribution in [0.3, 0.4) is 0 Å². The second-order valence-corrected chi connectivity index (χ2v) is 5.37. The molecule has 28 heavy (non-hydrogen) atoms. The number of Topliss-reactive ketones (excluding diaryl/α,β-unsaturated/α-hetero) is 1. The van der Waals surface area contributed by atoms with Crippen molar-refractivity contribution in [3.63, 3.8) is 0 Å². The molecule has 0 heterocycles. The Morgan fingerprint density at radius 1 is 0.571 bits per heavy atom. The van der Waals surface area contributed by atoms with Gasteiger partial charge in [-0.05, 0) is 0 Å². The van der Waals surface area contributed by atoms with Gasteiger partial charge in [-0.25, -0.2) is 0 Å². The highest BCUT2D eigenvalue weighted by Crippen LogP contribution is 2.50. The molecule has 0 aliphatic carbocycles. The minimum Gasteiger partial charge on any atom is -0.386 e. The van der Waals surface area contributed by atoms with Crippen LogP contribution in [0.5, 0.6) is 0 Å². The van der Waals surface area contributed by atoms with E-state index >= 15 is 0 Å². The molecular formula is C11H8F14O3. The zero-order chi connectivity index (χ0) is 23.1. The summed E-state index contributed by atoms with van der Waals surface area (Å²) in [7, 11) is 0. The van der Waals surface area contributed by atoms with E-state index in [0.717, 1.165) is 0 Å². The monoisotopic (exact) mass is 454 g/mol. The molecule has 0 bridgehead atoms. The van der Waals surface area contributed by atoms with Crippen molar-refractivity contribution in [3.8, 4) is 0 Å². The van der Waals surface area contributed by atoms with Gasteiger partial charge < -0.3 is 10.2 Å². The van der Waals surface area contributed by atoms with Gasteiger partial charge in [0, 0.05) is 12.8 Å². The molecule has 0 fully saturated rings. The summed E-state index contributed by atoms with van der Waals surface area (Å²) in [5, 5.41) is 17.4. The Bertz CT molecular complexity index is 516. The van der Waals surface area contributed by atoms with E-state index in [9.17, 15) is 66.3 Å². The maximum absolute atomic E-state index is 13.0. The number of hydrogen-bond donors (Lipinski definition) is 2. The molecule has 0 spiro atoms. The van der Waals surface area contributed by atoms with Crippen molar-refractivity contribution in [1.29, 1.82) is 0 Å². The number of halogens is 14. The van der Waals surface area contributed by atoms with Gasteiger partial charge in [-0.15, -0.1) is 0 Å². The Hall–Kier alpha value is -1.39. The zero-order valence-electron chi connectivity index (χ0n) is 12.7. The summed E-state index contributed by atoms with van der Waals surface area (Å²) in [5.74, 6) is -29.1. The van der Waals surface area contributed by atoms with Gasteiger partial charge in [-0.2, -0.15) is 61.5 Å². The molecule has 0 saturated heterocycles. The van der Waals surface area contributed by atoms with E-state index in [1.54, 1.807) is 0 Å². The summed E-state index contributed by atoms with van der Waals surface area (Å²) in [6.45, 7) is 0. The number of aliphatic hydroxyl groups is 2. The van der Waals surface area contributed by atoms with E-state index in [0.29, 0.717) is 0 Å². The third-order valence-electron chi connectivity index (χ3n) is 3.23. The normalized spacial score (nSPS) is 17.4. The summed E-state index contributed by atoms with van der Waals surface area (Å²) in [6.07, 6.45) is -27.3. The van der Waals surface area contributed by atoms with Crippen molar-refractivity contribution in [1.82, 2.24) is 0 Å². The van der Waals surface area contributed by atoms with Crippen LogP contribution < -0.4 is 0 Å². The lowest BCUT2D eigenvalue weighted by Crippen LogP contribution is -2.59. The maximum Gasteiger partial charge on any atom is 0.459 e. The fraction of sp³-hybridized carbons (Fsp3) is 0.909. The first kappa shape index (κ1) is 26.6. The number of hydrogen-bond acceptors (Lipinski definition) is 3. The highest BCUT2D eigenvalue weighted by atomic mass is 19.4. The Morgan fingerprint density at radius 3 is 0.964 bits per heavy atom. The molecule has 3 nitrogen and oxygen atoms in total. The number of carbonyl (C=O) groups excluding carboxylic acids is 1. The Morgan fingerprint density at radius 2 is 0.786 bits per heavy atom. The molecule has 0 aromatic heterocycles. The van der Waals surface area contributed by atoms with Crippen LogP contribution >= 0.6 is 0 Å². The smallest absolute Gasteiger partial charge is 0.386 e. The van der Waals surface area contributed by atoms with Crippen LogP contribution in [0.4, 0.5) is 61.5 Å². The topological polar surface area (TPSA) is 57.5 Å². The Balaban J connectivity index is 5.36. The van der Waals surface area contributed by atoms with Crippen molar-refractivity contribution in [2.24, 2.45) is 0 Å². The summed E-state index contributed by atoms with van der Waals surface area (Å²) in [6, 6.07) is 0. The molecule has 2 N–H and O–H groups in total. The highest BCUT2D eigenvalue weighted by molar-refractivity contribution is 5.79. The number of aliphatic hydroxyl groups excluding tert-OH is 2. The van der Waals surface area contributed by atoms with Gasteiger partial charge in [-0.3, -0.25) is 4.79 Å². The van der Waals surface area contributed by atoms with Gasteiger partial charge >= 0.3 is 36.0 Å². The summed E-state index contributed by atoms with van der Waals surface area (Å²) >= 11 is 0. The van der Waals surface area contributed by atoms with E-state index in [1.165, 1.54) is 0 Å². The van der Waals surface area contributed by atoms with Crippen LogP contribution in [0.25, 0.3) is 0 Å². The molecule has 17 heteroatoms. The SMILES string of the molecule is O=C(C[C@@H](O)C(F)(F)C(F)(F)C(F)(F)F)C[C@@H](O)C(F)(F)C(F)(F)C(F)(F)F. The van der Waals surface area contributed by atoms with Crippen LogP contribution in [0.2, 0.25) is 0 Å². The number of rotatable bonds is 8. The van der Waals surface area contributed by atoms with E-state index in [-0.39, 0.29) is 0 Å². The van der Waals surface area contributed by atoms with Gasteiger partial charge in [0.2, 0.25) is 0 Å². The van der Waals surface area contributed by atoms with Crippen molar-refractivity contribution in [3.05, 3.63) is 0 Å². The third kappa shape index (κ3) is 4.60. The van der Waals surface area contributed by atoms with Crippen molar-refractivity contribution >= 4 is 5.78 Å². The van der Waals surface area contributed by atoms with E-state index in [4.69, 9.17) is 10.2 Å². The van der Waals surface area contributed by atoms with E-state index in [1.807, 2.05) is 0 Å². The molecule has 0 amide bonds. The van der Waals surface area contributed by atoms with E-state index in [2.05, 4.69) is 0 Å². The Kier molecular flexibility index (Phi) is 7.09. The molecule has 0 radical (unpaired) electrons. The lowest BCUT2D eigenvalue weighted by molar-refractivity contribution is -0.371. The largest absolute Gasteiger partial charge is 0.459 e. The molecular weight excluding hydrogens is 446 g/mol. The highest BCUT2D eigenvalue weighted by Gasteiger charge is 2.76. The number of alkyl halides is 14. The van der Waals surface area contributed by atoms with Crippen molar-refractivity contribution in [2.75, 3.05) is 0 Å². The molecule has 0 aromatic rings. The molecule has 0 aliphatic rings. The predicted molar refractivity (Wildman–Crippen MR) is 58.2 cm³/mol. The van der Waals surface area contributed by atoms with Gasteiger partial charge in [0.15, 0.2) is 0 Å². The van der Waals surface area contributed by atoms with Crippen LogP contribution in [0.15, 0.2) is 0 Å². The van der Waals surface area contributed by atoms with Gasteiger partial charge in [0.25, 0.3) is 0 Å². The van der Waals surface area contributed by atoms with Crippen LogP contribution in [-0.4, -0.2) is 64.2 Å². The first-order valence-electron chi connectivity index (χ1n) is 6.47. The second-order valence-electron chi connectivity index (χ2n) is 5.37. The summed E-state index contributed by atoms with van der Waals surface area (Å²) in [5.41, 5.74) is 0. The minimum absolute atomic E-state index is 2.43. The average molecular weight is 454 g/mol. The molecule has 0 aliphatic heterocycles. The average Bonchev–Trinajstić information content (AvgIpc) is 2.43. The molecule has 0 aromatic carbocycles.